The van der Waals surface area contributed by atoms with E-state index in [4.69, 9.17) is 4.43 Å². The molecule has 0 bridgehead atoms. The van der Waals surface area contributed by atoms with E-state index in [2.05, 4.69) is 86.0 Å². The average Bonchev–Trinajstić information content (AvgIpc) is 2.66. The van der Waals surface area contributed by atoms with E-state index in [9.17, 15) is 0 Å². The molecule has 2 heteroatoms. The number of benzene rings is 2. The van der Waals surface area contributed by atoms with Gasteiger partial charge in [0.2, 0.25) is 8.32 Å². The lowest BCUT2D eigenvalue weighted by molar-refractivity contribution is 0.282. The third-order valence-electron chi connectivity index (χ3n) is 4.90. The van der Waals surface area contributed by atoms with Gasteiger partial charge >= 0.3 is 0 Å². The second kappa shape index (κ2) is 8.79. The molecule has 0 radical (unpaired) electrons. The topological polar surface area (TPSA) is 9.23 Å². The fourth-order valence-electron chi connectivity index (χ4n) is 3.04. The van der Waals surface area contributed by atoms with Gasteiger partial charge in [0, 0.05) is 6.61 Å². The van der Waals surface area contributed by atoms with Gasteiger partial charge in [-0.1, -0.05) is 90.7 Å². The largest absolute Gasteiger partial charge is 0.409 e. The lowest BCUT2D eigenvalue weighted by atomic mass is 9.99. The molecule has 3 aliphatic rings. The Kier molecular flexibility index (Phi) is 6.21. The van der Waals surface area contributed by atoms with Crippen LogP contribution in [-0.4, -0.2) is 14.9 Å². The molecule has 1 fully saturated rings. The zero-order chi connectivity index (χ0) is 18.2. The maximum Gasteiger partial charge on any atom is 0.240 e. The van der Waals surface area contributed by atoms with E-state index in [1.807, 2.05) is 11.4 Å². The minimum Gasteiger partial charge on any atom is -0.409 e. The van der Waals surface area contributed by atoms with Crippen molar-refractivity contribution in [1.82, 2.24) is 0 Å². The Labute approximate surface area is 158 Å². The first kappa shape index (κ1) is 18.4. The van der Waals surface area contributed by atoms with Gasteiger partial charge in [0.25, 0.3) is 0 Å². The van der Waals surface area contributed by atoms with Crippen LogP contribution in [0.3, 0.4) is 0 Å². The molecule has 0 spiro atoms. The smallest absolute Gasteiger partial charge is 0.240 e. The van der Waals surface area contributed by atoms with Crippen molar-refractivity contribution in [3.05, 3.63) is 95.3 Å². The minimum absolute atomic E-state index is 0.907. The Bertz CT molecular complexity index is 712. The highest BCUT2D eigenvalue weighted by Gasteiger charge is 2.29. The molecule has 1 saturated heterocycles. The SMILES string of the molecule is C1=Cc2ccccc21.C1=Cc2ccccc21.C=C[Si]1(C=C)CCCCO1. The zero-order valence-corrected chi connectivity index (χ0v) is 16.2. The number of fused-ring (bicyclic) bond motifs is 2. The van der Waals surface area contributed by atoms with Crippen LogP contribution < -0.4 is 0 Å². The first-order chi connectivity index (χ1) is 12.8. The first-order valence-corrected chi connectivity index (χ1v) is 11.5. The van der Waals surface area contributed by atoms with Gasteiger partial charge in [0.1, 0.15) is 0 Å². The van der Waals surface area contributed by atoms with Gasteiger partial charge < -0.3 is 4.43 Å². The monoisotopic (exact) mass is 358 g/mol. The standard InChI is InChI=1S/C8H14OSi.2C8H6/c1-3-10(4-2)8-6-5-7-9-10;2*1-2-4-8-6-5-7(8)3-1/h3-4H,1-2,5-8H2;2*1-6H. The van der Waals surface area contributed by atoms with Crippen LogP contribution in [-0.2, 0) is 4.43 Å². The maximum absolute atomic E-state index is 5.67. The fraction of sp³-hybridized carbons (Fsp3) is 0.167. The van der Waals surface area contributed by atoms with Crippen LogP contribution in [0.4, 0.5) is 0 Å². The number of hydrogen-bond donors (Lipinski definition) is 0. The molecule has 132 valence electrons. The van der Waals surface area contributed by atoms with E-state index in [-0.39, 0.29) is 0 Å². The van der Waals surface area contributed by atoms with Crippen molar-refractivity contribution < 1.29 is 4.43 Å². The van der Waals surface area contributed by atoms with Crippen LogP contribution >= 0.6 is 0 Å². The predicted molar refractivity (Wildman–Crippen MR) is 117 cm³/mol. The van der Waals surface area contributed by atoms with Crippen molar-refractivity contribution in [2.75, 3.05) is 6.61 Å². The molecule has 5 rings (SSSR count). The second-order valence-electron chi connectivity index (χ2n) is 6.59. The Morgan fingerprint density at radius 2 is 1.12 bits per heavy atom. The van der Waals surface area contributed by atoms with Gasteiger partial charge in [-0.25, -0.2) is 0 Å². The van der Waals surface area contributed by atoms with E-state index in [1.54, 1.807) is 0 Å². The summed E-state index contributed by atoms with van der Waals surface area (Å²) < 4.78 is 5.67. The molecule has 2 aromatic carbocycles. The summed E-state index contributed by atoms with van der Waals surface area (Å²) in [4.78, 5) is 0. The highest BCUT2D eigenvalue weighted by Crippen LogP contribution is 2.23. The van der Waals surface area contributed by atoms with Gasteiger partial charge in [-0.15, -0.1) is 13.2 Å². The second-order valence-corrected chi connectivity index (χ2v) is 10.1. The summed E-state index contributed by atoms with van der Waals surface area (Å²) >= 11 is 0. The molecular weight excluding hydrogens is 332 g/mol. The van der Waals surface area contributed by atoms with Crippen molar-refractivity contribution in [3.8, 4) is 0 Å². The van der Waals surface area contributed by atoms with Crippen LogP contribution in [0, 0.1) is 0 Å². The van der Waals surface area contributed by atoms with E-state index >= 15 is 0 Å². The van der Waals surface area contributed by atoms with Crippen molar-refractivity contribution in [1.29, 1.82) is 0 Å². The van der Waals surface area contributed by atoms with Crippen LogP contribution in [0.5, 0.6) is 0 Å². The van der Waals surface area contributed by atoms with E-state index in [0.29, 0.717) is 0 Å². The quantitative estimate of drug-likeness (QED) is 0.370. The molecule has 0 saturated carbocycles. The van der Waals surface area contributed by atoms with Crippen LogP contribution in [0.25, 0.3) is 24.3 Å². The van der Waals surface area contributed by atoms with Crippen molar-refractivity contribution in [2.45, 2.75) is 18.9 Å². The molecule has 1 aliphatic heterocycles. The molecule has 0 amide bonds. The minimum atomic E-state index is -1.60. The number of rotatable bonds is 2. The molecule has 0 atom stereocenters. The predicted octanol–water partition coefficient (Wildman–Crippen LogP) is 6.53. The molecule has 0 N–H and O–H groups in total. The molecule has 0 aromatic heterocycles. The van der Waals surface area contributed by atoms with Gasteiger partial charge in [0.15, 0.2) is 0 Å². The van der Waals surface area contributed by atoms with Gasteiger partial charge in [0.05, 0.1) is 0 Å². The molecular formula is C24H26OSi. The van der Waals surface area contributed by atoms with E-state index < -0.39 is 8.32 Å². The average molecular weight is 359 g/mol. The summed E-state index contributed by atoms with van der Waals surface area (Å²) in [5.41, 5.74) is 9.44. The van der Waals surface area contributed by atoms with Crippen molar-refractivity contribution >= 4 is 32.6 Å². The summed E-state index contributed by atoms with van der Waals surface area (Å²) in [6.07, 6.45) is 11.0. The maximum atomic E-state index is 5.67. The highest BCUT2D eigenvalue weighted by atomic mass is 28.4. The number of hydrogen-bond acceptors (Lipinski definition) is 1. The van der Waals surface area contributed by atoms with Crippen molar-refractivity contribution in [2.24, 2.45) is 0 Å². The molecule has 0 unspecified atom stereocenters. The molecule has 1 heterocycles. The summed E-state index contributed by atoms with van der Waals surface area (Å²) in [5, 5.41) is 0. The first-order valence-electron chi connectivity index (χ1n) is 9.22. The lowest BCUT2D eigenvalue weighted by Gasteiger charge is -2.28. The third kappa shape index (κ3) is 4.40. The lowest BCUT2D eigenvalue weighted by Crippen LogP contribution is -2.37. The summed E-state index contributed by atoms with van der Waals surface area (Å²) in [5.74, 6) is 0. The van der Waals surface area contributed by atoms with Crippen LogP contribution in [0.2, 0.25) is 6.04 Å². The van der Waals surface area contributed by atoms with E-state index in [1.165, 1.54) is 41.1 Å². The Hall–Kier alpha value is -2.42. The highest BCUT2D eigenvalue weighted by molar-refractivity contribution is 6.83. The zero-order valence-electron chi connectivity index (χ0n) is 15.2. The Morgan fingerprint density at radius 3 is 1.31 bits per heavy atom. The molecule has 2 aromatic rings. The summed E-state index contributed by atoms with van der Waals surface area (Å²) in [6, 6.07) is 17.9. The van der Waals surface area contributed by atoms with Crippen molar-refractivity contribution in [3.63, 3.8) is 0 Å². The fourth-order valence-corrected chi connectivity index (χ4v) is 5.32. The Morgan fingerprint density at radius 1 is 0.692 bits per heavy atom. The van der Waals surface area contributed by atoms with Crippen LogP contribution in [0.15, 0.2) is 73.1 Å². The summed E-state index contributed by atoms with van der Waals surface area (Å²) in [6.45, 7) is 8.49. The summed E-state index contributed by atoms with van der Waals surface area (Å²) in [7, 11) is -1.60. The van der Waals surface area contributed by atoms with E-state index in [0.717, 1.165) is 6.61 Å². The molecule has 2 aliphatic carbocycles. The van der Waals surface area contributed by atoms with Gasteiger partial charge in [-0.3, -0.25) is 0 Å². The normalized spacial score (nSPS) is 16.8. The molecule has 1 nitrogen and oxygen atoms in total. The third-order valence-corrected chi connectivity index (χ3v) is 8.16. The van der Waals surface area contributed by atoms with Gasteiger partial charge in [-0.05, 0) is 34.7 Å². The van der Waals surface area contributed by atoms with Crippen LogP contribution in [0.1, 0.15) is 35.1 Å². The van der Waals surface area contributed by atoms with Gasteiger partial charge in [-0.2, -0.15) is 0 Å². The molecule has 26 heavy (non-hydrogen) atoms. The Balaban J connectivity index is 0.000000114.